The van der Waals surface area contributed by atoms with Gasteiger partial charge in [0.1, 0.15) is 0 Å². The van der Waals surface area contributed by atoms with E-state index in [1.54, 1.807) is 30.3 Å². The number of amides is 1. The molecule has 0 aliphatic heterocycles. The van der Waals surface area contributed by atoms with Gasteiger partial charge in [-0.3, -0.25) is 4.79 Å². The molecule has 1 amide bonds. The van der Waals surface area contributed by atoms with Gasteiger partial charge in [0.25, 0.3) is 5.91 Å². The van der Waals surface area contributed by atoms with Crippen molar-refractivity contribution in [1.82, 2.24) is 0 Å². The van der Waals surface area contributed by atoms with Crippen LogP contribution in [0.1, 0.15) is 0 Å². The number of ether oxygens (including phenoxy) is 1. The number of hydrogen-bond donors (Lipinski definition) is 1. The van der Waals surface area contributed by atoms with Crippen LogP contribution in [-0.4, -0.2) is 12.5 Å². The molecule has 0 spiro atoms. The number of hydrogen-bond acceptors (Lipinski definition) is 2. The molecule has 0 unspecified atom stereocenters. The third-order valence-electron chi connectivity index (χ3n) is 2.40. The summed E-state index contributed by atoms with van der Waals surface area (Å²) in [6.45, 7) is -0.307. The lowest BCUT2D eigenvalue weighted by molar-refractivity contribution is -0.118. The fourth-order valence-electron chi connectivity index (χ4n) is 1.48. The first-order valence-corrected chi connectivity index (χ1v) is 6.85. The van der Waals surface area contributed by atoms with E-state index < -0.39 is 11.7 Å². The molecular weight excluding hydrogens is 349 g/mol. The summed E-state index contributed by atoms with van der Waals surface area (Å²) in [5.74, 6) is -0.940. The van der Waals surface area contributed by atoms with E-state index in [1.807, 2.05) is 0 Å². The maximum Gasteiger partial charge on any atom is 0.262 e. The number of rotatable bonds is 4. The Morgan fingerprint density at radius 1 is 1.30 bits per heavy atom. The van der Waals surface area contributed by atoms with Crippen molar-refractivity contribution in [3.63, 3.8) is 0 Å². The molecule has 2 aromatic rings. The van der Waals surface area contributed by atoms with Crippen molar-refractivity contribution in [3.8, 4) is 5.75 Å². The summed E-state index contributed by atoms with van der Waals surface area (Å²) in [5, 5.41) is 3.01. The van der Waals surface area contributed by atoms with Crippen LogP contribution in [0, 0.1) is 5.82 Å². The molecule has 0 aliphatic rings. The summed E-state index contributed by atoms with van der Waals surface area (Å²) >= 11 is 9.11. The summed E-state index contributed by atoms with van der Waals surface area (Å²) < 4.78 is 19.2. The first-order valence-electron chi connectivity index (χ1n) is 5.68. The van der Waals surface area contributed by atoms with Gasteiger partial charge >= 0.3 is 0 Å². The molecule has 0 radical (unpaired) electrons. The fraction of sp³-hybridized carbons (Fsp3) is 0.0714. The Labute approximate surface area is 128 Å². The minimum atomic E-state index is -0.529. The third-order valence-corrected chi connectivity index (χ3v) is 3.22. The number of halogens is 3. The summed E-state index contributed by atoms with van der Waals surface area (Å²) in [6, 6.07) is 11.1. The lowest BCUT2D eigenvalue weighted by atomic mass is 10.3. The zero-order valence-electron chi connectivity index (χ0n) is 10.2. The smallest absolute Gasteiger partial charge is 0.262 e. The Kier molecular flexibility index (Phi) is 4.98. The van der Waals surface area contributed by atoms with Crippen LogP contribution in [0.2, 0.25) is 5.02 Å². The van der Waals surface area contributed by atoms with E-state index in [2.05, 4.69) is 21.2 Å². The van der Waals surface area contributed by atoms with Crippen LogP contribution in [0.25, 0.3) is 0 Å². The van der Waals surface area contributed by atoms with Crippen LogP contribution < -0.4 is 10.1 Å². The third kappa shape index (κ3) is 3.95. The highest BCUT2D eigenvalue weighted by molar-refractivity contribution is 9.10. The van der Waals surface area contributed by atoms with Crippen LogP contribution in [0.4, 0.5) is 10.1 Å². The minimum absolute atomic E-state index is 0.00804. The summed E-state index contributed by atoms with van der Waals surface area (Å²) in [5.41, 5.74) is 0.484. The Balaban J connectivity index is 1.96. The second kappa shape index (κ2) is 6.72. The highest BCUT2D eigenvalue weighted by Crippen LogP contribution is 2.23. The van der Waals surface area contributed by atoms with Gasteiger partial charge in [-0.05, 0) is 30.3 Å². The number of benzene rings is 2. The first-order chi connectivity index (χ1) is 9.56. The zero-order valence-corrected chi connectivity index (χ0v) is 12.5. The van der Waals surface area contributed by atoms with Crippen LogP contribution >= 0.6 is 27.5 Å². The molecule has 2 aromatic carbocycles. The maximum atomic E-state index is 13.4. The van der Waals surface area contributed by atoms with E-state index in [0.29, 0.717) is 15.2 Å². The second-order valence-corrected chi connectivity index (χ2v) is 5.21. The van der Waals surface area contributed by atoms with E-state index in [9.17, 15) is 9.18 Å². The number of anilines is 1. The molecule has 1 N–H and O–H groups in total. The summed E-state index contributed by atoms with van der Waals surface area (Å²) in [4.78, 5) is 11.7. The molecule has 0 saturated carbocycles. The molecule has 2 rings (SSSR count). The largest absolute Gasteiger partial charge is 0.481 e. The van der Waals surface area contributed by atoms with Gasteiger partial charge in [0.05, 0.1) is 10.7 Å². The van der Waals surface area contributed by atoms with Gasteiger partial charge in [0.2, 0.25) is 0 Å². The molecule has 104 valence electrons. The zero-order chi connectivity index (χ0) is 14.5. The molecule has 0 bridgehead atoms. The van der Waals surface area contributed by atoms with Crippen molar-refractivity contribution in [2.24, 2.45) is 0 Å². The molecular formula is C14H10BrClFNO2. The van der Waals surface area contributed by atoms with Gasteiger partial charge < -0.3 is 10.1 Å². The Bertz CT molecular complexity index is 636. The van der Waals surface area contributed by atoms with Gasteiger partial charge in [-0.1, -0.05) is 39.7 Å². The second-order valence-electron chi connectivity index (χ2n) is 3.89. The minimum Gasteiger partial charge on any atom is -0.481 e. The fourth-order valence-corrected chi connectivity index (χ4v) is 2.00. The molecule has 20 heavy (non-hydrogen) atoms. The Hall–Kier alpha value is -1.59. The van der Waals surface area contributed by atoms with Gasteiger partial charge in [-0.15, -0.1) is 0 Å². The van der Waals surface area contributed by atoms with Crippen molar-refractivity contribution in [2.75, 3.05) is 11.9 Å². The van der Waals surface area contributed by atoms with Crippen molar-refractivity contribution in [3.05, 3.63) is 57.8 Å². The van der Waals surface area contributed by atoms with E-state index in [-0.39, 0.29) is 12.4 Å². The van der Waals surface area contributed by atoms with Crippen molar-refractivity contribution < 1.29 is 13.9 Å². The molecule has 0 atom stereocenters. The van der Waals surface area contributed by atoms with E-state index >= 15 is 0 Å². The number of carbonyl (C=O) groups is 1. The lowest BCUT2D eigenvalue weighted by Crippen LogP contribution is -2.20. The first kappa shape index (κ1) is 14.8. The quantitative estimate of drug-likeness (QED) is 0.887. The van der Waals surface area contributed by atoms with Crippen molar-refractivity contribution >= 4 is 39.1 Å². The Morgan fingerprint density at radius 3 is 2.80 bits per heavy atom. The SMILES string of the molecule is O=C(COc1cc(Br)ccc1F)Nc1ccccc1Cl. The maximum absolute atomic E-state index is 13.4. The molecule has 6 heteroatoms. The monoisotopic (exact) mass is 357 g/mol. The molecule has 0 saturated heterocycles. The summed E-state index contributed by atoms with van der Waals surface area (Å²) in [6.07, 6.45) is 0. The molecule has 3 nitrogen and oxygen atoms in total. The standard InChI is InChI=1S/C14H10BrClFNO2/c15-9-5-6-11(17)13(7-9)20-8-14(19)18-12-4-2-1-3-10(12)16/h1-7H,8H2,(H,18,19). The van der Waals surface area contributed by atoms with Crippen LogP contribution in [0.15, 0.2) is 46.9 Å². The predicted molar refractivity (Wildman–Crippen MR) is 79.7 cm³/mol. The highest BCUT2D eigenvalue weighted by Gasteiger charge is 2.09. The molecule has 0 heterocycles. The predicted octanol–water partition coefficient (Wildman–Crippen LogP) is 4.26. The average Bonchev–Trinajstić information content (AvgIpc) is 2.42. The normalized spacial score (nSPS) is 10.2. The molecule has 0 fully saturated rings. The number of carbonyl (C=O) groups excluding carboxylic acids is 1. The Morgan fingerprint density at radius 2 is 2.05 bits per heavy atom. The van der Waals surface area contributed by atoms with Crippen LogP contribution in [-0.2, 0) is 4.79 Å². The van der Waals surface area contributed by atoms with Crippen molar-refractivity contribution in [1.29, 1.82) is 0 Å². The van der Waals surface area contributed by atoms with Crippen molar-refractivity contribution in [2.45, 2.75) is 0 Å². The average molecular weight is 359 g/mol. The number of nitrogens with one attached hydrogen (secondary N) is 1. The van der Waals surface area contributed by atoms with Gasteiger partial charge in [0, 0.05) is 4.47 Å². The van der Waals surface area contributed by atoms with Gasteiger partial charge in [-0.2, -0.15) is 0 Å². The molecule has 0 aromatic heterocycles. The number of para-hydroxylation sites is 1. The van der Waals surface area contributed by atoms with E-state index in [4.69, 9.17) is 16.3 Å². The van der Waals surface area contributed by atoms with Crippen LogP contribution in [0.3, 0.4) is 0 Å². The molecule has 0 aliphatic carbocycles. The van der Waals surface area contributed by atoms with E-state index in [0.717, 1.165) is 0 Å². The lowest BCUT2D eigenvalue weighted by Gasteiger charge is -2.09. The van der Waals surface area contributed by atoms with E-state index in [1.165, 1.54) is 12.1 Å². The highest BCUT2D eigenvalue weighted by atomic mass is 79.9. The topological polar surface area (TPSA) is 38.3 Å². The summed E-state index contributed by atoms with van der Waals surface area (Å²) in [7, 11) is 0. The van der Waals surface area contributed by atoms with Gasteiger partial charge in [0.15, 0.2) is 18.2 Å². The van der Waals surface area contributed by atoms with Crippen LogP contribution in [0.5, 0.6) is 5.75 Å². The van der Waals surface area contributed by atoms with Gasteiger partial charge in [-0.25, -0.2) is 4.39 Å².